The molecule has 31 heavy (non-hydrogen) atoms. The van der Waals surface area contributed by atoms with Gasteiger partial charge in [0.05, 0.1) is 4.90 Å². The number of nitrogens with one attached hydrogen (secondary N) is 2. The van der Waals surface area contributed by atoms with Crippen LogP contribution in [0.1, 0.15) is 16.7 Å². The van der Waals surface area contributed by atoms with Crippen LogP contribution in [0.3, 0.4) is 0 Å². The summed E-state index contributed by atoms with van der Waals surface area (Å²) < 4.78 is 27.6. The van der Waals surface area contributed by atoms with Crippen molar-refractivity contribution in [3.63, 3.8) is 0 Å². The number of benzene rings is 3. The van der Waals surface area contributed by atoms with E-state index in [1.54, 1.807) is 48.5 Å². The van der Waals surface area contributed by atoms with Crippen LogP contribution in [-0.4, -0.2) is 25.3 Å². The quantitative estimate of drug-likeness (QED) is 0.578. The van der Waals surface area contributed by atoms with Crippen molar-refractivity contribution in [2.75, 3.05) is 17.2 Å². The number of urea groups is 1. The second-order valence-electron chi connectivity index (χ2n) is 7.47. The van der Waals surface area contributed by atoms with Crippen molar-refractivity contribution in [1.82, 2.24) is 4.31 Å². The monoisotopic (exact) mass is 455 g/mol. The molecule has 3 aromatic rings. The standard InChI is InChI=1S/C23H22ClN3O3S/c1-16-2-10-22(11-3-16)31(29,30)27-13-12-17-4-7-21(14-18(17)15-27)26-23(28)25-20-8-5-19(24)6-9-20/h2-11,14H,12-13,15H2,1H3,(H2,25,26,28). The molecule has 4 rings (SSSR count). The van der Waals surface area contributed by atoms with E-state index in [0.717, 1.165) is 16.7 Å². The summed E-state index contributed by atoms with van der Waals surface area (Å²) >= 11 is 5.86. The molecule has 2 N–H and O–H groups in total. The van der Waals surface area contributed by atoms with Crippen molar-refractivity contribution in [2.24, 2.45) is 0 Å². The topological polar surface area (TPSA) is 78.5 Å². The van der Waals surface area contributed by atoms with E-state index >= 15 is 0 Å². The minimum atomic E-state index is -3.58. The molecule has 1 aliphatic rings. The lowest BCUT2D eigenvalue weighted by atomic mass is 10.0. The van der Waals surface area contributed by atoms with Crippen molar-refractivity contribution in [1.29, 1.82) is 0 Å². The van der Waals surface area contributed by atoms with E-state index < -0.39 is 10.0 Å². The van der Waals surface area contributed by atoms with Gasteiger partial charge >= 0.3 is 6.03 Å². The van der Waals surface area contributed by atoms with Gasteiger partial charge in [-0.3, -0.25) is 0 Å². The van der Waals surface area contributed by atoms with Crippen molar-refractivity contribution in [3.8, 4) is 0 Å². The van der Waals surface area contributed by atoms with Crippen molar-refractivity contribution < 1.29 is 13.2 Å². The number of sulfonamides is 1. The summed E-state index contributed by atoms with van der Waals surface area (Å²) in [6.45, 7) is 2.61. The van der Waals surface area contributed by atoms with E-state index in [9.17, 15) is 13.2 Å². The zero-order chi connectivity index (χ0) is 22.0. The van der Waals surface area contributed by atoms with Crippen LogP contribution in [0.15, 0.2) is 71.6 Å². The van der Waals surface area contributed by atoms with E-state index in [0.29, 0.717) is 29.4 Å². The Balaban J connectivity index is 1.48. The van der Waals surface area contributed by atoms with Crippen LogP contribution in [0.25, 0.3) is 0 Å². The largest absolute Gasteiger partial charge is 0.323 e. The molecular weight excluding hydrogens is 434 g/mol. The Morgan fingerprint density at radius 1 is 0.903 bits per heavy atom. The number of hydrogen-bond acceptors (Lipinski definition) is 3. The van der Waals surface area contributed by atoms with Crippen LogP contribution in [0.4, 0.5) is 16.2 Å². The molecule has 1 heterocycles. The molecule has 0 atom stereocenters. The maximum absolute atomic E-state index is 13.0. The molecular formula is C23H22ClN3O3S. The Morgan fingerprint density at radius 3 is 2.26 bits per heavy atom. The minimum absolute atomic E-state index is 0.264. The Bertz CT molecular complexity index is 1210. The molecule has 160 valence electrons. The summed E-state index contributed by atoms with van der Waals surface area (Å²) in [4.78, 5) is 12.6. The van der Waals surface area contributed by atoms with E-state index in [4.69, 9.17) is 11.6 Å². The third-order valence-corrected chi connectivity index (χ3v) is 7.31. The molecule has 0 saturated heterocycles. The van der Waals surface area contributed by atoms with Gasteiger partial charge in [0.25, 0.3) is 0 Å². The van der Waals surface area contributed by atoms with Gasteiger partial charge in [0.1, 0.15) is 0 Å². The molecule has 0 bridgehead atoms. The first-order chi connectivity index (χ1) is 14.8. The third-order valence-electron chi connectivity index (χ3n) is 5.20. The summed E-state index contributed by atoms with van der Waals surface area (Å²) in [5, 5.41) is 6.13. The predicted molar refractivity (Wildman–Crippen MR) is 123 cm³/mol. The number of fused-ring (bicyclic) bond motifs is 1. The molecule has 1 aliphatic heterocycles. The number of carbonyl (C=O) groups excluding carboxylic acids is 1. The lowest BCUT2D eigenvalue weighted by molar-refractivity contribution is 0.262. The molecule has 0 spiro atoms. The average Bonchev–Trinajstić information content (AvgIpc) is 2.75. The summed E-state index contributed by atoms with van der Waals surface area (Å²) in [5.74, 6) is 0. The van der Waals surface area contributed by atoms with Crippen LogP contribution in [-0.2, 0) is 23.0 Å². The first kappa shape index (κ1) is 21.4. The highest BCUT2D eigenvalue weighted by atomic mass is 35.5. The molecule has 0 unspecified atom stereocenters. The van der Waals surface area contributed by atoms with E-state index in [2.05, 4.69) is 10.6 Å². The highest BCUT2D eigenvalue weighted by Gasteiger charge is 2.28. The Hall–Kier alpha value is -2.87. The molecule has 8 heteroatoms. The van der Waals surface area contributed by atoms with E-state index in [-0.39, 0.29) is 17.5 Å². The molecule has 0 aliphatic carbocycles. The fraction of sp³-hybridized carbons (Fsp3) is 0.174. The highest BCUT2D eigenvalue weighted by molar-refractivity contribution is 7.89. The van der Waals surface area contributed by atoms with E-state index in [1.807, 2.05) is 25.1 Å². The molecule has 2 amide bonds. The molecule has 0 radical (unpaired) electrons. The van der Waals surface area contributed by atoms with Crippen molar-refractivity contribution in [2.45, 2.75) is 24.8 Å². The number of rotatable bonds is 4. The second-order valence-corrected chi connectivity index (χ2v) is 9.85. The first-order valence-electron chi connectivity index (χ1n) is 9.83. The Morgan fingerprint density at radius 2 is 1.55 bits per heavy atom. The molecule has 3 aromatic carbocycles. The number of carbonyl (C=O) groups is 1. The fourth-order valence-corrected chi connectivity index (χ4v) is 5.04. The zero-order valence-electron chi connectivity index (χ0n) is 16.9. The van der Waals surface area contributed by atoms with Crippen LogP contribution >= 0.6 is 11.6 Å². The predicted octanol–water partition coefficient (Wildman–Crippen LogP) is 5.04. The summed E-state index contributed by atoms with van der Waals surface area (Å²) in [7, 11) is -3.58. The van der Waals surface area contributed by atoms with Crippen LogP contribution in [0.2, 0.25) is 5.02 Å². The van der Waals surface area contributed by atoms with Gasteiger partial charge in [-0.1, -0.05) is 35.4 Å². The highest BCUT2D eigenvalue weighted by Crippen LogP contribution is 2.27. The van der Waals surface area contributed by atoms with Crippen molar-refractivity contribution in [3.05, 3.63) is 88.4 Å². The number of halogens is 1. The lowest BCUT2D eigenvalue weighted by Crippen LogP contribution is -2.36. The van der Waals surface area contributed by atoms with Gasteiger partial charge < -0.3 is 10.6 Å². The molecule has 6 nitrogen and oxygen atoms in total. The molecule has 0 aromatic heterocycles. The van der Waals surface area contributed by atoms with Gasteiger partial charge in [0.15, 0.2) is 0 Å². The van der Waals surface area contributed by atoms with Crippen molar-refractivity contribution >= 4 is 39.0 Å². The second kappa shape index (κ2) is 8.70. The van der Waals surface area contributed by atoms with Gasteiger partial charge in [-0.2, -0.15) is 4.31 Å². The van der Waals surface area contributed by atoms with Gasteiger partial charge in [-0.15, -0.1) is 0 Å². The van der Waals surface area contributed by atoms with E-state index in [1.165, 1.54) is 4.31 Å². The smallest absolute Gasteiger partial charge is 0.308 e. The summed E-state index contributed by atoms with van der Waals surface area (Å²) in [5.41, 5.74) is 4.19. The van der Waals surface area contributed by atoms with Gasteiger partial charge in [0.2, 0.25) is 10.0 Å². The number of anilines is 2. The van der Waals surface area contributed by atoms with Gasteiger partial charge in [-0.05, 0) is 73.0 Å². The minimum Gasteiger partial charge on any atom is -0.308 e. The third kappa shape index (κ3) is 4.90. The lowest BCUT2D eigenvalue weighted by Gasteiger charge is -2.28. The van der Waals surface area contributed by atoms with Gasteiger partial charge in [-0.25, -0.2) is 13.2 Å². The van der Waals surface area contributed by atoms with Crippen LogP contribution in [0.5, 0.6) is 0 Å². The SMILES string of the molecule is Cc1ccc(S(=O)(=O)N2CCc3ccc(NC(=O)Nc4ccc(Cl)cc4)cc3C2)cc1. The fourth-order valence-electron chi connectivity index (χ4n) is 3.50. The van der Waals surface area contributed by atoms with Gasteiger partial charge in [0, 0.05) is 29.5 Å². The average molecular weight is 456 g/mol. The zero-order valence-corrected chi connectivity index (χ0v) is 18.5. The summed E-state index contributed by atoms with van der Waals surface area (Å²) in [6.07, 6.45) is 0.623. The first-order valence-corrected chi connectivity index (χ1v) is 11.7. The normalized spacial score (nSPS) is 14.0. The number of aryl methyl sites for hydroxylation is 1. The maximum atomic E-state index is 13.0. The maximum Gasteiger partial charge on any atom is 0.323 e. The molecule has 0 fully saturated rings. The number of nitrogens with zero attached hydrogens (tertiary/aromatic N) is 1. The van der Waals surface area contributed by atoms with Crippen LogP contribution < -0.4 is 10.6 Å². The Kier molecular flexibility index (Phi) is 6.00. The Labute approximate surface area is 186 Å². The summed E-state index contributed by atoms with van der Waals surface area (Å²) in [6, 6.07) is 18.9. The van der Waals surface area contributed by atoms with Crippen LogP contribution in [0, 0.1) is 6.92 Å². The number of hydrogen-bond donors (Lipinski definition) is 2. The molecule has 0 saturated carbocycles. The number of amides is 2.